The van der Waals surface area contributed by atoms with E-state index in [1.165, 1.54) is 25.0 Å². The Kier molecular flexibility index (Phi) is 6.27. The van der Waals surface area contributed by atoms with Crippen molar-refractivity contribution < 1.29 is 13.2 Å². The molecule has 1 N–H and O–H groups in total. The molecule has 6 heteroatoms. The molecule has 140 valence electrons. The van der Waals surface area contributed by atoms with Crippen LogP contribution in [0.4, 0.5) is 0 Å². The van der Waals surface area contributed by atoms with Gasteiger partial charge in [0.15, 0.2) is 9.84 Å². The highest BCUT2D eigenvalue weighted by atomic mass is 32.2. The van der Waals surface area contributed by atoms with Gasteiger partial charge in [0.25, 0.3) is 5.91 Å². The highest BCUT2D eigenvalue weighted by Crippen LogP contribution is 2.35. The van der Waals surface area contributed by atoms with Crippen LogP contribution in [0.1, 0.15) is 49.9 Å². The maximum Gasteiger partial charge on any atom is 0.251 e. The van der Waals surface area contributed by atoms with E-state index in [4.69, 9.17) is 0 Å². The summed E-state index contributed by atoms with van der Waals surface area (Å²) in [6, 6.07) is 6.20. The molecule has 0 spiro atoms. The third-order valence-corrected chi connectivity index (χ3v) is 7.20. The summed E-state index contributed by atoms with van der Waals surface area (Å²) in [6.07, 6.45) is 4.59. The summed E-state index contributed by atoms with van der Waals surface area (Å²) in [5.74, 6) is 0.564. The Morgan fingerprint density at radius 2 is 1.92 bits per heavy atom. The predicted octanol–water partition coefficient (Wildman–Crippen LogP) is 2.72. The third kappa shape index (κ3) is 4.61. The van der Waals surface area contributed by atoms with Crippen molar-refractivity contribution in [2.45, 2.75) is 50.0 Å². The van der Waals surface area contributed by atoms with Gasteiger partial charge in [-0.2, -0.15) is 0 Å². The Morgan fingerprint density at radius 3 is 2.44 bits per heavy atom. The Bertz CT molecular complexity index is 698. The van der Waals surface area contributed by atoms with Gasteiger partial charge < -0.3 is 10.2 Å². The molecule has 1 aliphatic rings. The molecule has 0 heterocycles. The van der Waals surface area contributed by atoms with E-state index in [1.807, 2.05) is 0 Å². The molecular weight excluding hydrogens is 336 g/mol. The van der Waals surface area contributed by atoms with Gasteiger partial charge in [0, 0.05) is 17.6 Å². The van der Waals surface area contributed by atoms with Crippen LogP contribution in [-0.4, -0.2) is 51.2 Å². The second-order valence-corrected chi connectivity index (χ2v) is 9.71. The van der Waals surface area contributed by atoms with Crippen LogP contribution in [0.3, 0.4) is 0 Å². The zero-order valence-corrected chi connectivity index (χ0v) is 16.5. The molecule has 5 nitrogen and oxygen atoms in total. The van der Waals surface area contributed by atoms with E-state index in [1.54, 1.807) is 19.1 Å². The molecule has 0 aromatic heterocycles. The van der Waals surface area contributed by atoms with Crippen LogP contribution in [0.5, 0.6) is 0 Å². The molecule has 1 fully saturated rings. The predicted molar refractivity (Wildman–Crippen MR) is 101 cm³/mol. The summed E-state index contributed by atoms with van der Waals surface area (Å²) in [5, 5.41) is 3.05. The van der Waals surface area contributed by atoms with Crippen LogP contribution in [0.2, 0.25) is 0 Å². The fourth-order valence-electron chi connectivity index (χ4n) is 3.68. The average Bonchev–Trinajstić information content (AvgIpc) is 2.59. The number of benzene rings is 1. The summed E-state index contributed by atoms with van der Waals surface area (Å²) < 4.78 is 23.7. The number of likely N-dealkylation sites (N-methyl/N-ethyl adjacent to an activating group) is 1. The summed E-state index contributed by atoms with van der Waals surface area (Å²) in [6.45, 7) is 4.49. The molecular formula is C19H30N2O3S. The lowest BCUT2D eigenvalue weighted by atomic mass is 9.75. The molecule has 1 aliphatic carbocycles. The SMILES string of the molecule is CCS(=O)(=O)c1ccc(C(=O)NC[C@@]2(N(C)C)CCC[C@H](C)C2)cc1. The fraction of sp³-hybridized carbons (Fsp3) is 0.632. The van der Waals surface area contributed by atoms with Crippen LogP contribution in [-0.2, 0) is 9.84 Å². The first-order valence-electron chi connectivity index (χ1n) is 8.98. The van der Waals surface area contributed by atoms with E-state index >= 15 is 0 Å². The van der Waals surface area contributed by atoms with Crippen molar-refractivity contribution in [3.05, 3.63) is 29.8 Å². The second-order valence-electron chi connectivity index (χ2n) is 7.43. The highest BCUT2D eigenvalue weighted by Gasteiger charge is 2.37. The summed E-state index contributed by atoms with van der Waals surface area (Å²) in [4.78, 5) is 15.0. The molecule has 1 aromatic carbocycles. The molecule has 0 aliphatic heterocycles. The van der Waals surface area contributed by atoms with Crippen molar-refractivity contribution in [3.8, 4) is 0 Å². The lowest BCUT2D eigenvalue weighted by Gasteiger charge is -2.45. The zero-order chi connectivity index (χ0) is 18.7. The Labute approximate surface area is 151 Å². The largest absolute Gasteiger partial charge is 0.350 e. The standard InChI is InChI=1S/C19H30N2O3S/c1-5-25(23,24)17-10-8-16(9-11-17)18(22)20-14-19(21(3)4)12-6-7-15(2)13-19/h8-11,15H,5-7,12-14H2,1-4H3,(H,20,22)/t15-,19+/m0/s1. The van der Waals surface area contributed by atoms with E-state index in [0.29, 0.717) is 18.0 Å². The van der Waals surface area contributed by atoms with Crippen molar-refractivity contribution >= 4 is 15.7 Å². The number of hydrogen-bond acceptors (Lipinski definition) is 4. The molecule has 0 radical (unpaired) electrons. The van der Waals surface area contributed by atoms with Crippen molar-refractivity contribution in [3.63, 3.8) is 0 Å². The van der Waals surface area contributed by atoms with Crippen LogP contribution in [0.25, 0.3) is 0 Å². The Balaban J connectivity index is 2.06. The molecule has 0 bridgehead atoms. The van der Waals surface area contributed by atoms with Gasteiger partial charge in [0.1, 0.15) is 0 Å². The van der Waals surface area contributed by atoms with E-state index in [0.717, 1.165) is 12.8 Å². The molecule has 1 aromatic rings. The molecule has 0 saturated heterocycles. The number of nitrogens with one attached hydrogen (secondary N) is 1. The number of nitrogens with zero attached hydrogens (tertiary/aromatic N) is 1. The molecule has 2 rings (SSSR count). The summed E-state index contributed by atoms with van der Waals surface area (Å²) in [7, 11) is 0.920. The van der Waals surface area contributed by atoms with Gasteiger partial charge >= 0.3 is 0 Å². The van der Waals surface area contributed by atoms with Crippen LogP contribution < -0.4 is 5.32 Å². The van der Waals surface area contributed by atoms with Gasteiger partial charge in [-0.15, -0.1) is 0 Å². The average molecular weight is 367 g/mol. The smallest absolute Gasteiger partial charge is 0.251 e. The summed E-state index contributed by atoms with van der Waals surface area (Å²) >= 11 is 0. The van der Waals surface area contributed by atoms with Crippen LogP contribution in [0.15, 0.2) is 29.2 Å². The minimum atomic E-state index is -3.24. The Hall–Kier alpha value is -1.40. The summed E-state index contributed by atoms with van der Waals surface area (Å²) in [5.41, 5.74) is 0.492. The minimum Gasteiger partial charge on any atom is -0.350 e. The van der Waals surface area contributed by atoms with Crippen molar-refractivity contribution in [2.24, 2.45) is 5.92 Å². The maximum absolute atomic E-state index is 12.5. The molecule has 1 saturated carbocycles. The monoisotopic (exact) mass is 366 g/mol. The van der Waals surface area contributed by atoms with Crippen molar-refractivity contribution in [2.75, 3.05) is 26.4 Å². The molecule has 1 amide bonds. The number of carbonyl (C=O) groups is 1. The van der Waals surface area contributed by atoms with Gasteiger partial charge in [-0.3, -0.25) is 4.79 Å². The van der Waals surface area contributed by atoms with Crippen LogP contribution in [0, 0.1) is 5.92 Å². The third-order valence-electron chi connectivity index (χ3n) is 5.45. The normalized spacial score (nSPS) is 24.3. The van der Waals surface area contributed by atoms with Crippen molar-refractivity contribution in [1.29, 1.82) is 0 Å². The van der Waals surface area contributed by atoms with Gasteiger partial charge in [-0.05, 0) is 57.1 Å². The fourth-order valence-corrected chi connectivity index (χ4v) is 4.57. The maximum atomic E-state index is 12.5. The second kappa shape index (κ2) is 7.87. The number of carbonyl (C=O) groups excluding carboxylic acids is 1. The van der Waals surface area contributed by atoms with E-state index in [9.17, 15) is 13.2 Å². The Morgan fingerprint density at radius 1 is 1.28 bits per heavy atom. The van der Waals surface area contributed by atoms with E-state index < -0.39 is 9.84 Å². The number of amides is 1. The first-order valence-corrected chi connectivity index (χ1v) is 10.6. The zero-order valence-electron chi connectivity index (χ0n) is 15.7. The lowest BCUT2D eigenvalue weighted by molar-refractivity contribution is 0.0675. The van der Waals surface area contributed by atoms with Gasteiger partial charge in [0.05, 0.1) is 10.6 Å². The van der Waals surface area contributed by atoms with Gasteiger partial charge in [-0.25, -0.2) is 8.42 Å². The van der Waals surface area contributed by atoms with E-state index in [-0.39, 0.29) is 22.1 Å². The quantitative estimate of drug-likeness (QED) is 0.841. The van der Waals surface area contributed by atoms with Gasteiger partial charge in [-0.1, -0.05) is 26.7 Å². The number of hydrogen-bond donors (Lipinski definition) is 1. The molecule has 2 atom stereocenters. The first-order chi connectivity index (χ1) is 11.7. The number of rotatable bonds is 6. The number of sulfone groups is 1. The molecule has 25 heavy (non-hydrogen) atoms. The topological polar surface area (TPSA) is 66.5 Å². The highest BCUT2D eigenvalue weighted by molar-refractivity contribution is 7.91. The first kappa shape index (κ1) is 19.9. The lowest BCUT2D eigenvalue weighted by Crippen LogP contribution is -2.55. The molecule has 0 unspecified atom stereocenters. The minimum absolute atomic E-state index is 0.00117. The van der Waals surface area contributed by atoms with Crippen LogP contribution >= 0.6 is 0 Å². The van der Waals surface area contributed by atoms with E-state index in [2.05, 4.69) is 31.2 Å². The van der Waals surface area contributed by atoms with Crippen molar-refractivity contribution in [1.82, 2.24) is 10.2 Å². The van der Waals surface area contributed by atoms with Gasteiger partial charge in [0.2, 0.25) is 0 Å².